The van der Waals surface area contributed by atoms with E-state index < -0.39 is 12.0 Å². The Bertz CT molecular complexity index is 1350. The molecular weight excluding hydrogens is 490 g/mol. The Labute approximate surface area is 220 Å². The summed E-state index contributed by atoms with van der Waals surface area (Å²) < 4.78 is 35.7. The summed E-state index contributed by atoms with van der Waals surface area (Å²) in [7, 11) is 0. The Hall–Kier alpha value is -3.39. The molecule has 0 radical (unpaired) electrons. The highest BCUT2D eigenvalue weighted by Gasteiger charge is 2.41. The van der Waals surface area contributed by atoms with Gasteiger partial charge in [0.05, 0.1) is 42.1 Å². The number of hydrogen-bond donors (Lipinski definition) is 2. The molecule has 2 aromatic heterocycles. The zero-order chi connectivity index (χ0) is 26.9. The predicted octanol–water partition coefficient (Wildman–Crippen LogP) is 3.40. The molecule has 38 heavy (non-hydrogen) atoms. The third-order valence-corrected chi connectivity index (χ3v) is 7.09. The number of aliphatic hydroxyl groups excluding tert-OH is 1. The molecule has 2 N–H and O–H groups in total. The molecule has 0 amide bonds. The van der Waals surface area contributed by atoms with Crippen molar-refractivity contribution in [2.45, 2.75) is 51.0 Å². The normalized spacial score (nSPS) is 23.4. The number of nitriles is 1. The topological polar surface area (TPSA) is 97.5 Å². The number of anilines is 2. The van der Waals surface area contributed by atoms with Crippen LogP contribution >= 0.6 is 0 Å². The van der Waals surface area contributed by atoms with Gasteiger partial charge in [-0.3, -0.25) is 9.97 Å². The van der Waals surface area contributed by atoms with Gasteiger partial charge in [0.1, 0.15) is 6.07 Å². The molecule has 4 heterocycles. The van der Waals surface area contributed by atoms with E-state index in [1.165, 1.54) is 0 Å². The highest BCUT2D eigenvalue weighted by atomic mass is 19.3. The number of pyridine rings is 2. The number of aliphatic hydroxyl groups is 1. The number of hydrogen-bond acceptors (Lipinski definition) is 8. The Morgan fingerprint density at radius 3 is 2.84 bits per heavy atom. The number of ether oxygens (including phenoxy) is 1. The van der Waals surface area contributed by atoms with E-state index in [2.05, 4.69) is 26.3 Å². The van der Waals surface area contributed by atoms with Crippen LogP contribution < -0.4 is 15.1 Å². The maximum absolute atomic E-state index is 14.8. The zero-order valence-electron chi connectivity index (χ0n) is 21.6. The molecule has 3 aromatic rings. The van der Waals surface area contributed by atoms with Gasteiger partial charge in [-0.1, -0.05) is 0 Å². The van der Waals surface area contributed by atoms with Crippen molar-refractivity contribution in [3.05, 3.63) is 59.5 Å². The maximum Gasteiger partial charge on any atom is 0.266 e. The second kappa shape index (κ2) is 10.8. The van der Waals surface area contributed by atoms with E-state index in [-0.39, 0.29) is 31.8 Å². The lowest BCUT2D eigenvalue weighted by Crippen LogP contribution is -2.57. The number of halogens is 2. The van der Waals surface area contributed by atoms with Crippen LogP contribution in [-0.4, -0.2) is 72.0 Å². The van der Waals surface area contributed by atoms with Crippen LogP contribution in [0.15, 0.2) is 42.6 Å². The smallest absolute Gasteiger partial charge is 0.266 e. The molecule has 2 saturated heterocycles. The molecule has 0 aliphatic carbocycles. The van der Waals surface area contributed by atoms with E-state index in [1.807, 2.05) is 25.1 Å². The lowest BCUT2D eigenvalue weighted by atomic mass is 10.0. The van der Waals surface area contributed by atoms with E-state index in [9.17, 15) is 19.1 Å². The van der Waals surface area contributed by atoms with E-state index >= 15 is 0 Å². The average molecular weight is 523 g/mol. The van der Waals surface area contributed by atoms with Crippen LogP contribution in [0.4, 0.5) is 20.2 Å². The van der Waals surface area contributed by atoms with Crippen molar-refractivity contribution in [2.75, 3.05) is 42.5 Å². The molecule has 3 atom stereocenters. The molecule has 2 aliphatic heterocycles. The number of morpholine rings is 1. The van der Waals surface area contributed by atoms with Gasteiger partial charge in [0.2, 0.25) is 0 Å². The highest BCUT2D eigenvalue weighted by molar-refractivity contribution is 5.95. The summed E-state index contributed by atoms with van der Waals surface area (Å²) in [6.45, 7) is 5.30. The molecule has 1 aromatic carbocycles. The molecule has 2 aliphatic rings. The zero-order valence-corrected chi connectivity index (χ0v) is 21.6. The molecule has 2 fully saturated rings. The molecule has 10 heteroatoms. The third kappa shape index (κ3) is 5.70. The second-order valence-corrected chi connectivity index (χ2v) is 10.3. The first-order valence-corrected chi connectivity index (χ1v) is 12.9. The Kier molecular flexibility index (Phi) is 7.43. The molecule has 8 nitrogen and oxygen atoms in total. The number of rotatable bonds is 6. The van der Waals surface area contributed by atoms with Crippen molar-refractivity contribution in [3.63, 3.8) is 0 Å². The largest absolute Gasteiger partial charge is 0.390 e. The summed E-state index contributed by atoms with van der Waals surface area (Å²) in [5, 5.41) is 23.2. The number of aryl methyl sites for hydroxylation is 1. The molecule has 200 valence electrons. The fourth-order valence-electron chi connectivity index (χ4n) is 5.59. The van der Waals surface area contributed by atoms with Crippen LogP contribution in [0.5, 0.6) is 0 Å². The quantitative estimate of drug-likeness (QED) is 0.509. The lowest BCUT2D eigenvalue weighted by Gasteiger charge is -2.42. The Morgan fingerprint density at radius 1 is 1.21 bits per heavy atom. The van der Waals surface area contributed by atoms with Crippen LogP contribution in [0.25, 0.3) is 10.9 Å². The number of fused-ring (bicyclic) bond motifs is 1. The summed E-state index contributed by atoms with van der Waals surface area (Å²) in [6, 6.07) is 12.8. The van der Waals surface area contributed by atoms with E-state index in [0.29, 0.717) is 54.3 Å². The summed E-state index contributed by atoms with van der Waals surface area (Å²) in [5.74, 6) is -2.85. The number of aromatic nitrogens is 2. The molecular formula is C28H32F2N6O2. The first-order valence-electron chi connectivity index (χ1n) is 12.9. The number of nitrogens with zero attached hydrogens (tertiary/aromatic N) is 5. The fraction of sp³-hybridized carbons (Fsp3) is 0.464. The van der Waals surface area contributed by atoms with Gasteiger partial charge in [0.25, 0.3) is 5.92 Å². The molecule has 0 saturated carbocycles. The minimum atomic E-state index is -2.85. The molecule has 0 bridgehead atoms. The predicted molar refractivity (Wildman–Crippen MR) is 141 cm³/mol. The average Bonchev–Trinajstić information content (AvgIpc) is 2.89. The van der Waals surface area contributed by atoms with Crippen molar-refractivity contribution in [1.29, 1.82) is 5.26 Å². The third-order valence-electron chi connectivity index (χ3n) is 7.09. The van der Waals surface area contributed by atoms with Gasteiger partial charge in [-0.2, -0.15) is 5.26 Å². The van der Waals surface area contributed by atoms with Crippen molar-refractivity contribution in [3.8, 4) is 6.07 Å². The van der Waals surface area contributed by atoms with Crippen LogP contribution in [0.3, 0.4) is 0 Å². The molecule has 0 spiro atoms. The van der Waals surface area contributed by atoms with Crippen LogP contribution in [0.2, 0.25) is 0 Å². The van der Waals surface area contributed by atoms with Gasteiger partial charge in [-0.05, 0) is 50.2 Å². The minimum absolute atomic E-state index is 0.0566. The van der Waals surface area contributed by atoms with Crippen LogP contribution in [0, 0.1) is 18.3 Å². The number of nitrogens with one attached hydrogen (secondary N) is 1. The first-order chi connectivity index (χ1) is 18.2. The summed E-state index contributed by atoms with van der Waals surface area (Å²) in [6.07, 6.45) is 1.18. The minimum Gasteiger partial charge on any atom is -0.390 e. The SMILES string of the molecule is Cc1cc(N2CC(NCC3CN(c4ccc(C#N)c5ncccc45)CC(C)O3)CC(F)(F)C2)cc(CO)n1. The van der Waals surface area contributed by atoms with E-state index in [1.54, 1.807) is 36.2 Å². The van der Waals surface area contributed by atoms with Gasteiger partial charge < -0.3 is 25.0 Å². The summed E-state index contributed by atoms with van der Waals surface area (Å²) in [5.41, 5.74) is 3.97. The first kappa shape index (κ1) is 26.2. The lowest BCUT2D eigenvalue weighted by molar-refractivity contribution is -0.0330. The van der Waals surface area contributed by atoms with Gasteiger partial charge in [0.15, 0.2) is 0 Å². The van der Waals surface area contributed by atoms with E-state index in [0.717, 1.165) is 11.1 Å². The second-order valence-electron chi connectivity index (χ2n) is 10.3. The van der Waals surface area contributed by atoms with Gasteiger partial charge in [-0.25, -0.2) is 8.78 Å². The van der Waals surface area contributed by atoms with Crippen molar-refractivity contribution in [2.24, 2.45) is 0 Å². The van der Waals surface area contributed by atoms with Crippen LogP contribution in [-0.2, 0) is 11.3 Å². The van der Waals surface area contributed by atoms with Crippen molar-refractivity contribution in [1.82, 2.24) is 15.3 Å². The van der Waals surface area contributed by atoms with Gasteiger partial charge >= 0.3 is 0 Å². The van der Waals surface area contributed by atoms with Crippen molar-refractivity contribution >= 4 is 22.3 Å². The monoisotopic (exact) mass is 522 g/mol. The molecule has 3 unspecified atom stereocenters. The fourth-order valence-corrected chi connectivity index (χ4v) is 5.59. The maximum atomic E-state index is 14.8. The number of piperidine rings is 1. The van der Waals surface area contributed by atoms with Crippen molar-refractivity contribution < 1.29 is 18.6 Å². The standard InChI is InChI=1S/C28H32F2N6O2/c1-18-8-23(9-21(16-37)34-18)36-14-22(10-28(29,30)17-36)33-12-24-15-35(13-19(2)38-24)26-6-5-20(11-31)27-25(26)4-3-7-32-27/h3-9,19,22,24,33,37H,10,12-17H2,1-2H3. The molecule has 5 rings (SSSR count). The van der Waals surface area contributed by atoms with E-state index in [4.69, 9.17) is 4.74 Å². The van der Waals surface area contributed by atoms with Gasteiger partial charge in [0, 0.05) is 67.3 Å². The highest BCUT2D eigenvalue weighted by Crippen LogP contribution is 2.32. The number of benzene rings is 1. The summed E-state index contributed by atoms with van der Waals surface area (Å²) in [4.78, 5) is 12.6. The Balaban J connectivity index is 1.29. The Morgan fingerprint density at radius 2 is 2.05 bits per heavy atom. The van der Waals surface area contributed by atoms with Gasteiger partial charge in [-0.15, -0.1) is 0 Å². The summed E-state index contributed by atoms with van der Waals surface area (Å²) >= 11 is 0. The van der Waals surface area contributed by atoms with Crippen LogP contribution in [0.1, 0.15) is 30.3 Å². The number of alkyl halides is 2.